The zero-order valence-corrected chi connectivity index (χ0v) is 28.4. The fourth-order valence-corrected chi connectivity index (χ4v) is 6.96. The number of anilines is 4. The number of nitrogen functional groups attached to an aromatic ring is 1. The Morgan fingerprint density at radius 3 is 2.37 bits per heavy atom. The van der Waals surface area contributed by atoms with Crippen molar-refractivity contribution in [3.8, 4) is 5.75 Å². The molecule has 2 aromatic carbocycles. The summed E-state index contributed by atoms with van der Waals surface area (Å²) in [7, 11) is -0.0123. The Balaban J connectivity index is 1.49. The van der Waals surface area contributed by atoms with Gasteiger partial charge in [-0.2, -0.15) is 9.97 Å². The molecule has 246 valence electrons. The number of benzene rings is 2. The van der Waals surface area contributed by atoms with Crippen LogP contribution in [0.3, 0.4) is 0 Å². The van der Waals surface area contributed by atoms with Crippen LogP contribution in [0.1, 0.15) is 57.6 Å². The predicted molar refractivity (Wildman–Crippen MR) is 183 cm³/mol. The van der Waals surface area contributed by atoms with Crippen molar-refractivity contribution >= 4 is 50.0 Å². The first kappa shape index (κ1) is 32.9. The Bertz CT molecular complexity index is 1840. The SMILES string of the molecule is Cc1cc(Nc2nc(Nc3ccccc3S(=O)(=O)C(C)C)c3ccn(N)c3n2)c(OC(C)C)cc1C1CCN(C(=O)N(C)C)CC1. The monoisotopic (exact) mass is 648 g/mol. The van der Waals surface area contributed by atoms with E-state index in [1.165, 1.54) is 10.2 Å². The van der Waals surface area contributed by atoms with Crippen LogP contribution in [0.2, 0.25) is 0 Å². The van der Waals surface area contributed by atoms with Crippen LogP contribution in [-0.2, 0) is 9.84 Å². The lowest BCUT2D eigenvalue weighted by molar-refractivity contribution is 0.156. The molecular formula is C33H44N8O4S. The van der Waals surface area contributed by atoms with E-state index >= 15 is 0 Å². The number of hydrogen-bond donors (Lipinski definition) is 3. The van der Waals surface area contributed by atoms with Crippen molar-refractivity contribution in [3.05, 3.63) is 59.8 Å². The molecule has 1 aliphatic rings. The molecule has 0 aliphatic carbocycles. The highest BCUT2D eigenvalue weighted by Gasteiger charge is 2.27. The van der Waals surface area contributed by atoms with Crippen LogP contribution < -0.4 is 21.2 Å². The summed E-state index contributed by atoms with van der Waals surface area (Å²) in [5, 5.41) is 6.63. The van der Waals surface area contributed by atoms with Crippen LogP contribution >= 0.6 is 0 Å². The van der Waals surface area contributed by atoms with Crippen molar-refractivity contribution in [2.75, 3.05) is 43.7 Å². The van der Waals surface area contributed by atoms with Crippen molar-refractivity contribution in [1.82, 2.24) is 24.4 Å². The minimum atomic E-state index is -3.57. The molecule has 0 bridgehead atoms. The lowest BCUT2D eigenvalue weighted by atomic mass is 9.86. The number of aromatic nitrogens is 3. The number of amides is 2. The van der Waals surface area contributed by atoms with Crippen LogP contribution in [0, 0.1) is 6.92 Å². The molecule has 12 nitrogen and oxygen atoms in total. The van der Waals surface area contributed by atoms with Crippen LogP contribution in [-0.4, -0.2) is 77.4 Å². The summed E-state index contributed by atoms with van der Waals surface area (Å²) in [6.07, 6.45) is 3.32. The van der Waals surface area contributed by atoms with Gasteiger partial charge < -0.3 is 31.0 Å². The number of nitrogens with two attached hydrogens (primary N) is 1. The Kier molecular flexibility index (Phi) is 9.34. The van der Waals surface area contributed by atoms with E-state index in [0.717, 1.165) is 18.4 Å². The van der Waals surface area contributed by atoms with Gasteiger partial charge in [-0.25, -0.2) is 13.2 Å². The lowest BCUT2D eigenvalue weighted by Crippen LogP contribution is -2.43. The first-order valence-electron chi connectivity index (χ1n) is 15.5. The highest BCUT2D eigenvalue weighted by molar-refractivity contribution is 7.92. The molecule has 4 aromatic rings. The summed E-state index contributed by atoms with van der Waals surface area (Å²) >= 11 is 0. The van der Waals surface area contributed by atoms with Crippen LogP contribution in [0.5, 0.6) is 5.75 Å². The summed E-state index contributed by atoms with van der Waals surface area (Å²) in [5.41, 5.74) is 3.84. The zero-order valence-electron chi connectivity index (χ0n) is 27.5. The summed E-state index contributed by atoms with van der Waals surface area (Å²) in [5.74, 6) is 7.86. The molecule has 3 heterocycles. The number of sulfone groups is 1. The number of hydrogen-bond acceptors (Lipinski definition) is 9. The molecular weight excluding hydrogens is 604 g/mol. The highest BCUT2D eigenvalue weighted by atomic mass is 32.2. The summed E-state index contributed by atoms with van der Waals surface area (Å²) < 4.78 is 34.0. The van der Waals surface area contributed by atoms with Gasteiger partial charge in [-0.3, -0.25) is 4.68 Å². The lowest BCUT2D eigenvalue weighted by Gasteiger charge is -2.34. The van der Waals surface area contributed by atoms with E-state index in [1.54, 1.807) is 69.4 Å². The van der Waals surface area contributed by atoms with E-state index in [0.29, 0.717) is 53.0 Å². The molecule has 46 heavy (non-hydrogen) atoms. The number of nitrogens with zero attached hydrogens (tertiary/aromatic N) is 5. The van der Waals surface area contributed by atoms with E-state index < -0.39 is 15.1 Å². The fourth-order valence-electron chi connectivity index (χ4n) is 5.76. The van der Waals surface area contributed by atoms with Crippen molar-refractivity contribution in [1.29, 1.82) is 0 Å². The number of rotatable bonds is 9. The average Bonchev–Trinajstić information content (AvgIpc) is 3.38. The van der Waals surface area contributed by atoms with E-state index in [4.69, 9.17) is 20.5 Å². The number of nitrogens with one attached hydrogen (secondary N) is 2. The first-order chi connectivity index (χ1) is 21.8. The van der Waals surface area contributed by atoms with Crippen LogP contribution in [0.4, 0.5) is 27.9 Å². The number of carbonyl (C=O) groups is 1. The number of aryl methyl sites for hydroxylation is 1. The fraction of sp³-hybridized carbons (Fsp3) is 0.424. The normalized spacial score (nSPS) is 14.2. The molecule has 1 fully saturated rings. The van der Waals surface area contributed by atoms with Crippen molar-refractivity contribution in [2.24, 2.45) is 0 Å². The first-order valence-corrected chi connectivity index (χ1v) is 17.1. The number of likely N-dealkylation sites (tertiary alicyclic amines) is 1. The molecule has 0 saturated carbocycles. The third-order valence-electron chi connectivity index (χ3n) is 8.20. The Morgan fingerprint density at radius 2 is 1.72 bits per heavy atom. The molecule has 2 amide bonds. The van der Waals surface area contributed by atoms with Gasteiger partial charge in [-0.1, -0.05) is 12.1 Å². The van der Waals surface area contributed by atoms with Gasteiger partial charge in [-0.15, -0.1) is 0 Å². The molecule has 1 saturated heterocycles. The second kappa shape index (κ2) is 13.1. The zero-order chi connectivity index (χ0) is 33.3. The van der Waals surface area contributed by atoms with E-state index in [1.807, 2.05) is 24.8 Å². The van der Waals surface area contributed by atoms with Crippen LogP contribution in [0.25, 0.3) is 11.0 Å². The minimum absolute atomic E-state index is 0.0398. The van der Waals surface area contributed by atoms with Gasteiger partial charge in [0.25, 0.3) is 0 Å². The predicted octanol–water partition coefficient (Wildman–Crippen LogP) is 5.77. The number of piperidine rings is 1. The van der Waals surface area contributed by atoms with Gasteiger partial charge in [0.05, 0.1) is 33.0 Å². The number of fused-ring (bicyclic) bond motifs is 1. The van der Waals surface area contributed by atoms with E-state index in [2.05, 4.69) is 23.6 Å². The van der Waals surface area contributed by atoms with Gasteiger partial charge in [0, 0.05) is 33.4 Å². The third kappa shape index (κ3) is 6.69. The molecule has 13 heteroatoms. The summed E-state index contributed by atoms with van der Waals surface area (Å²) in [6, 6.07) is 12.7. The van der Waals surface area contributed by atoms with Crippen LogP contribution in [0.15, 0.2) is 53.6 Å². The Hall–Kier alpha value is -4.52. The van der Waals surface area contributed by atoms with Crippen molar-refractivity contribution in [2.45, 2.75) is 69.6 Å². The highest BCUT2D eigenvalue weighted by Crippen LogP contribution is 2.39. The standard InChI is InChI=1S/C33H44N8O4S/c1-20(2)45-28-19-25(23-12-15-40(16-13-23)33(42)39(6)7)22(5)18-27(28)36-32-37-30(24-14-17-41(34)31(24)38-32)35-26-10-8-9-11-29(26)46(43,44)21(3)4/h8-11,14,17-21,23H,12-13,15-16,34H2,1-7H3,(H2,35,36,37,38). The molecule has 4 N–H and O–H groups in total. The molecule has 1 aliphatic heterocycles. The Labute approximate surface area is 270 Å². The summed E-state index contributed by atoms with van der Waals surface area (Å²) in [4.78, 5) is 25.7. The second-order valence-electron chi connectivity index (χ2n) is 12.5. The van der Waals surface area contributed by atoms with Gasteiger partial charge in [-0.05, 0) is 94.8 Å². The minimum Gasteiger partial charge on any atom is -0.489 e. The summed E-state index contributed by atoms with van der Waals surface area (Å²) in [6.45, 7) is 10.7. The number of carbonyl (C=O) groups excluding carboxylic acids is 1. The molecule has 0 unspecified atom stereocenters. The van der Waals surface area contributed by atoms with Gasteiger partial charge >= 0.3 is 6.03 Å². The van der Waals surface area contributed by atoms with Crippen molar-refractivity contribution in [3.63, 3.8) is 0 Å². The maximum atomic E-state index is 13.1. The quantitative estimate of drug-likeness (QED) is 0.192. The van der Waals surface area contributed by atoms with Crippen molar-refractivity contribution < 1.29 is 17.9 Å². The maximum absolute atomic E-state index is 13.1. The number of ether oxygens (including phenoxy) is 1. The van der Waals surface area contributed by atoms with E-state index in [9.17, 15) is 13.2 Å². The number of para-hydroxylation sites is 1. The van der Waals surface area contributed by atoms with Gasteiger partial charge in [0.15, 0.2) is 15.5 Å². The number of urea groups is 1. The second-order valence-corrected chi connectivity index (χ2v) is 15.0. The van der Waals surface area contributed by atoms with Gasteiger partial charge in [0.1, 0.15) is 11.6 Å². The smallest absolute Gasteiger partial charge is 0.319 e. The van der Waals surface area contributed by atoms with E-state index in [-0.39, 0.29) is 23.0 Å². The molecule has 0 atom stereocenters. The molecule has 0 radical (unpaired) electrons. The molecule has 0 spiro atoms. The molecule has 2 aromatic heterocycles. The average molecular weight is 649 g/mol. The largest absolute Gasteiger partial charge is 0.489 e. The molecule has 5 rings (SSSR count). The third-order valence-corrected chi connectivity index (χ3v) is 10.4. The van der Waals surface area contributed by atoms with Gasteiger partial charge in [0.2, 0.25) is 5.95 Å². The Morgan fingerprint density at radius 1 is 1.02 bits per heavy atom. The maximum Gasteiger partial charge on any atom is 0.319 e. The topological polar surface area (TPSA) is 148 Å².